The zero-order valence-electron chi connectivity index (χ0n) is 18.1. The number of hydrogen-bond acceptors (Lipinski definition) is 5. The monoisotopic (exact) mass is 490 g/mol. The van der Waals surface area contributed by atoms with Crippen molar-refractivity contribution in [1.82, 2.24) is 4.31 Å². The molecule has 172 valence electrons. The molecule has 1 amide bonds. The second-order valence-electron chi connectivity index (χ2n) is 7.90. The van der Waals surface area contributed by atoms with Crippen LogP contribution in [0.4, 0.5) is 5.69 Å². The number of carbonyl (C=O) groups is 1. The summed E-state index contributed by atoms with van der Waals surface area (Å²) in [5, 5.41) is 4.60. The van der Waals surface area contributed by atoms with E-state index < -0.39 is 16.1 Å². The first-order chi connectivity index (χ1) is 16.5. The third-order valence-electron chi connectivity index (χ3n) is 5.67. The second-order valence-corrected chi connectivity index (χ2v) is 11.0. The SMILES string of the molecule is O=C(Nc1ccc(Oc2ccccc2)cc1)[C@@H]1Cc2ccccc2CN1S(=O)(=O)c1cccs1. The van der Waals surface area contributed by atoms with Gasteiger partial charge < -0.3 is 10.1 Å². The van der Waals surface area contributed by atoms with Gasteiger partial charge in [0.1, 0.15) is 21.8 Å². The number of benzene rings is 3. The van der Waals surface area contributed by atoms with Crippen LogP contribution in [-0.2, 0) is 27.8 Å². The lowest BCUT2D eigenvalue weighted by molar-refractivity contribution is -0.120. The van der Waals surface area contributed by atoms with Gasteiger partial charge in [-0.15, -0.1) is 11.3 Å². The highest BCUT2D eigenvalue weighted by atomic mass is 32.2. The van der Waals surface area contributed by atoms with Gasteiger partial charge in [-0.1, -0.05) is 48.5 Å². The minimum absolute atomic E-state index is 0.151. The second kappa shape index (κ2) is 9.42. The number of rotatable bonds is 6. The molecule has 0 fully saturated rings. The van der Waals surface area contributed by atoms with Gasteiger partial charge in [-0.25, -0.2) is 8.42 Å². The first-order valence-electron chi connectivity index (χ1n) is 10.8. The Labute approximate surface area is 202 Å². The fourth-order valence-electron chi connectivity index (χ4n) is 3.96. The Morgan fingerprint density at radius 1 is 0.853 bits per heavy atom. The van der Waals surface area contributed by atoms with Gasteiger partial charge in [0, 0.05) is 12.2 Å². The van der Waals surface area contributed by atoms with Gasteiger partial charge in [0.2, 0.25) is 5.91 Å². The summed E-state index contributed by atoms with van der Waals surface area (Å²) < 4.78 is 34.1. The number of para-hydroxylation sites is 1. The van der Waals surface area contributed by atoms with Crippen molar-refractivity contribution in [3.05, 3.63) is 108 Å². The van der Waals surface area contributed by atoms with Gasteiger partial charge in [0.15, 0.2) is 0 Å². The van der Waals surface area contributed by atoms with Crippen molar-refractivity contribution in [3.8, 4) is 11.5 Å². The standard InChI is InChI=1S/C26H22N2O4S2/c29-26(27-21-12-14-23(15-13-21)32-22-9-2-1-3-10-22)24-17-19-7-4-5-8-20(19)18-28(24)34(30,31)25-11-6-16-33-25/h1-16,24H,17-18H2,(H,27,29)/t24-/m0/s1. The van der Waals surface area contributed by atoms with Gasteiger partial charge in [-0.3, -0.25) is 4.79 Å². The molecule has 0 radical (unpaired) electrons. The van der Waals surface area contributed by atoms with Crippen LogP contribution in [0.1, 0.15) is 11.1 Å². The van der Waals surface area contributed by atoms with E-state index in [0.29, 0.717) is 17.9 Å². The van der Waals surface area contributed by atoms with E-state index in [4.69, 9.17) is 4.74 Å². The van der Waals surface area contributed by atoms with Crippen molar-refractivity contribution in [2.45, 2.75) is 23.2 Å². The fourth-order valence-corrected chi connectivity index (χ4v) is 6.64. The Morgan fingerprint density at radius 3 is 2.24 bits per heavy atom. The summed E-state index contributed by atoms with van der Waals surface area (Å²) in [5.41, 5.74) is 2.46. The molecule has 2 heterocycles. The van der Waals surface area contributed by atoms with Crippen LogP contribution < -0.4 is 10.1 Å². The number of anilines is 1. The van der Waals surface area contributed by atoms with Crippen molar-refractivity contribution in [1.29, 1.82) is 0 Å². The van der Waals surface area contributed by atoms with E-state index in [1.165, 1.54) is 4.31 Å². The number of sulfonamides is 1. The lowest BCUT2D eigenvalue weighted by atomic mass is 9.95. The quantitative estimate of drug-likeness (QED) is 0.398. The van der Waals surface area contributed by atoms with Crippen molar-refractivity contribution in [2.75, 3.05) is 5.32 Å². The van der Waals surface area contributed by atoms with E-state index in [9.17, 15) is 13.2 Å². The van der Waals surface area contributed by atoms with Crippen LogP contribution in [0.3, 0.4) is 0 Å². The van der Waals surface area contributed by atoms with Gasteiger partial charge in [0.05, 0.1) is 0 Å². The van der Waals surface area contributed by atoms with Crippen LogP contribution >= 0.6 is 11.3 Å². The number of ether oxygens (including phenoxy) is 1. The normalized spacial score (nSPS) is 15.9. The van der Waals surface area contributed by atoms with Crippen LogP contribution in [0.5, 0.6) is 11.5 Å². The average molecular weight is 491 g/mol. The Morgan fingerprint density at radius 2 is 1.53 bits per heavy atom. The molecule has 6 nitrogen and oxygen atoms in total. The Kier molecular flexibility index (Phi) is 6.19. The van der Waals surface area contributed by atoms with E-state index in [2.05, 4.69) is 5.32 Å². The van der Waals surface area contributed by atoms with Crippen LogP contribution in [0.25, 0.3) is 0 Å². The topological polar surface area (TPSA) is 75.7 Å². The molecule has 0 bridgehead atoms. The molecule has 34 heavy (non-hydrogen) atoms. The Bertz CT molecular complexity index is 1390. The highest BCUT2D eigenvalue weighted by molar-refractivity contribution is 7.91. The number of nitrogens with one attached hydrogen (secondary N) is 1. The number of fused-ring (bicyclic) bond motifs is 1. The summed E-state index contributed by atoms with van der Waals surface area (Å²) in [6.07, 6.45) is 0.307. The summed E-state index contributed by atoms with van der Waals surface area (Å²) in [6, 6.07) is 26.5. The molecule has 3 aromatic carbocycles. The van der Waals surface area contributed by atoms with E-state index in [1.807, 2.05) is 54.6 Å². The molecule has 1 aliphatic rings. The maximum Gasteiger partial charge on any atom is 0.253 e. The van der Waals surface area contributed by atoms with Crippen LogP contribution in [0.15, 0.2) is 101 Å². The molecule has 4 aromatic rings. The summed E-state index contributed by atoms with van der Waals surface area (Å²) in [5.74, 6) is 0.985. The van der Waals surface area contributed by atoms with Crippen LogP contribution in [0.2, 0.25) is 0 Å². The maximum atomic E-state index is 13.4. The summed E-state index contributed by atoms with van der Waals surface area (Å²) in [7, 11) is -3.82. The Balaban J connectivity index is 1.37. The largest absolute Gasteiger partial charge is 0.457 e. The average Bonchev–Trinajstić information content (AvgIpc) is 3.41. The van der Waals surface area contributed by atoms with Crippen molar-refractivity contribution in [2.24, 2.45) is 0 Å². The third-order valence-corrected chi connectivity index (χ3v) is 8.89. The van der Waals surface area contributed by atoms with E-state index in [-0.39, 0.29) is 16.7 Å². The van der Waals surface area contributed by atoms with Crippen LogP contribution in [-0.4, -0.2) is 24.7 Å². The molecule has 0 saturated carbocycles. The first-order valence-corrected chi connectivity index (χ1v) is 13.1. The summed E-state index contributed by atoms with van der Waals surface area (Å²) >= 11 is 1.15. The van der Waals surface area contributed by atoms with E-state index >= 15 is 0 Å². The molecule has 0 spiro atoms. The van der Waals surface area contributed by atoms with Gasteiger partial charge in [-0.2, -0.15) is 4.31 Å². The Hall–Kier alpha value is -3.46. The number of carbonyl (C=O) groups excluding carboxylic acids is 1. The third kappa shape index (κ3) is 4.61. The number of thiophene rings is 1. The molecule has 1 aliphatic heterocycles. The highest BCUT2D eigenvalue weighted by Gasteiger charge is 2.40. The highest BCUT2D eigenvalue weighted by Crippen LogP contribution is 2.31. The molecule has 1 atom stereocenters. The zero-order chi connectivity index (χ0) is 23.5. The zero-order valence-corrected chi connectivity index (χ0v) is 19.8. The van der Waals surface area contributed by atoms with Crippen LogP contribution in [0, 0.1) is 0 Å². The van der Waals surface area contributed by atoms with Gasteiger partial charge in [0.25, 0.3) is 10.0 Å². The summed E-state index contributed by atoms with van der Waals surface area (Å²) in [4.78, 5) is 13.3. The number of amides is 1. The van der Waals surface area contributed by atoms with Crippen molar-refractivity contribution < 1.29 is 17.9 Å². The predicted octanol–water partition coefficient (Wildman–Crippen LogP) is 5.29. The minimum atomic E-state index is -3.82. The number of hydrogen-bond donors (Lipinski definition) is 1. The van der Waals surface area contributed by atoms with Crippen molar-refractivity contribution in [3.63, 3.8) is 0 Å². The molecule has 5 rings (SSSR count). The van der Waals surface area contributed by atoms with E-state index in [1.54, 1.807) is 41.8 Å². The lowest BCUT2D eigenvalue weighted by Crippen LogP contribution is -2.50. The van der Waals surface area contributed by atoms with Crippen molar-refractivity contribution >= 4 is 33.0 Å². The van der Waals surface area contributed by atoms with Gasteiger partial charge in [-0.05, 0) is 65.4 Å². The minimum Gasteiger partial charge on any atom is -0.457 e. The smallest absolute Gasteiger partial charge is 0.253 e. The molecule has 1 N–H and O–H groups in total. The molecule has 0 aliphatic carbocycles. The van der Waals surface area contributed by atoms with Gasteiger partial charge >= 0.3 is 0 Å². The predicted molar refractivity (Wildman–Crippen MR) is 133 cm³/mol. The number of nitrogens with zero attached hydrogens (tertiary/aromatic N) is 1. The molecular weight excluding hydrogens is 468 g/mol. The molecule has 8 heteroatoms. The first kappa shape index (κ1) is 22.3. The maximum absolute atomic E-state index is 13.4. The lowest BCUT2D eigenvalue weighted by Gasteiger charge is -2.34. The molecule has 0 unspecified atom stereocenters. The van der Waals surface area contributed by atoms with E-state index in [0.717, 1.165) is 28.2 Å². The summed E-state index contributed by atoms with van der Waals surface area (Å²) in [6.45, 7) is 0.151. The fraction of sp³-hybridized carbons (Fsp3) is 0.115. The molecule has 1 aromatic heterocycles. The molecular formula is C26H22N2O4S2. The molecule has 0 saturated heterocycles.